The first-order valence-corrected chi connectivity index (χ1v) is 6.21. The van der Waals surface area contributed by atoms with Crippen molar-refractivity contribution in [2.45, 2.75) is 24.4 Å². The Bertz CT molecular complexity index is 511. The first-order valence-electron chi connectivity index (χ1n) is 6.21. The summed E-state index contributed by atoms with van der Waals surface area (Å²) in [6.45, 7) is -0.407. The molecule has 1 aromatic carbocycles. The molecule has 1 aromatic rings. The highest BCUT2D eigenvalue weighted by molar-refractivity contribution is 5.80. The smallest absolute Gasteiger partial charge is 0.115 e. The molecule has 0 bridgehead atoms. The Morgan fingerprint density at radius 3 is 2.30 bits per heavy atom. The van der Waals surface area contributed by atoms with E-state index in [1.54, 1.807) is 12.1 Å². The molecule has 0 amide bonds. The third kappa shape index (κ3) is 3.05. The first-order chi connectivity index (χ1) is 9.52. The van der Waals surface area contributed by atoms with Crippen molar-refractivity contribution in [3.05, 3.63) is 41.5 Å². The minimum Gasteiger partial charge on any atom is -0.508 e. The number of aliphatic imine (C=N–C) groups is 1. The summed E-state index contributed by atoms with van der Waals surface area (Å²) in [4.78, 5) is 4.13. The van der Waals surface area contributed by atoms with Gasteiger partial charge >= 0.3 is 0 Å². The molecule has 0 aliphatic heterocycles. The quantitative estimate of drug-likeness (QED) is 0.367. The summed E-state index contributed by atoms with van der Waals surface area (Å²) in [6.07, 6.45) is -0.977. The van der Waals surface area contributed by atoms with Crippen LogP contribution < -0.4 is 0 Å². The van der Waals surface area contributed by atoms with E-state index in [1.165, 1.54) is 24.4 Å². The highest BCUT2D eigenvalue weighted by atomic mass is 16.4. The number of nitrogens with zero attached hydrogens (tertiary/aromatic N) is 1. The molecule has 108 valence electrons. The zero-order chi connectivity index (χ0) is 14.7. The summed E-state index contributed by atoms with van der Waals surface area (Å²) in [5.74, 6) is 0.140. The van der Waals surface area contributed by atoms with Crippen LogP contribution in [-0.4, -0.2) is 62.7 Å². The van der Waals surface area contributed by atoms with Crippen molar-refractivity contribution in [3.63, 3.8) is 0 Å². The maximum Gasteiger partial charge on any atom is 0.115 e. The second-order valence-electron chi connectivity index (χ2n) is 4.69. The summed E-state index contributed by atoms with van der Waals surface area (Å²) in [5.41, 5.74) is 0.949. The predicted octanol–water partition coefficient (Wildman–Crippen LogP) is -0.805. The Morgan fingerprint density at radius 2 is 1.70 bits per heavy atom. The molecule has 0 spiro atoms. The van der Waals surface area contributed by atoms with Crippen molar-refractivity contribution in [1.82, 2.24) is 0 Å². The van der Waals surface area contributed by atoms with Crippen LogP contribution in [0.15, 0.2) is 40.9 Å². The van der Waals surface area contributed by atoms with E-state index >= 15 is 0 Å². The summed E-state index contributed by atoms with van der Waals surface area (Å²) in [7, 11) is 0. The molecule has 0 fully saturated rings. The van der Waals surface area contributed by atoms with Crippen molar-refractivity contribution in [2.75, 3.05) is 6.61 Å². The van der Waals surface area contributed by atoms with Crippen molar-refractivity contribution < 1.29 is 25.5 Å². The number of hydrogen-bond donors (Lipinski definition) is 5. The van der Waals surface area contributed by atoms with E-state index in [-0.39, 0.29) is 11.3 Å². The van der Waals surface area contributed by atoms with Crippen LogP contribution in [0.4, 0.5) is 0 Å². The molecule has 0 radical (unpaired) electrons. The number of hydrogen-bond acceptors (Lipinski definition) is 6. The van der Waals surface area contributed by atoms with E-state index in [1.807, 2.05) is 0 Å². The second-order valence-corrected chi connectivity index (χ2v) is 4.69. The van der Waals surface area contributed by atoms with Gasteiger partial charge in [-0.2, -0.15) is 0 Å². The molecule has 6 nitrogen and oxygen atoms in total. The fraction of sp³-hybridized carbons (Fsp3) is 0.357. The molecule has 0 heterocycles. The summed E-state index contributed by atoms with van der Waals surface area (Å²) >= 11 is 0. The molecule has 20 heavy (non-hydrogen) atoms. The molecular formula is C14H17NO5. The monoisotopic (exact) mass is 279 g/mol. The van der Waals surface area contributed by atoms with Gasteiger partial charge in [0.25, 0.3) is 0 Å². The molecule has 1 aliphatic rings. The van der Waals surface area contributed by atoms with E-state index < -0.39 is 31.0 Å². The first kappa shape index (κ1) is 14.7. The van der Waals surface area contributed by atoms with Gasteiger partial charge in [0.2, 0.25) is 0 Å². The number of phenolic OH excluding ortho intramolecular Hbond substituents is 1. The van der Waals surface area contributed by atoms with Crippen LogP contribution in [0.1, 0.15) is 5.56 Å². The molecule has 4 atom stereocenters. The Labute approximate surface area is 116 Å². The van der Waals surface area contributed by atoms with Crippen LogP contribution in [-0.2, 0) is 0 Å². The molecule has 5 N–H and O–H groups in total. The zero-order valence-electron chi connectivity index (χ0n) is 10.7. The lowest BCUT2D eigenvalue weighted by molar-refractivity contribution is -0.0592. The summed E-state index contributed by atoms with van der Waals surface area (Å²) in [6, 6.07) is 5.56. The van der Waals surface area contributed by atoms with Crippen LogP contribution in [0.2, 0.25) is 0 Å². The lowest BCUT2D eigenvalue weighted by Gasteiger charge is -2.32. The molecule has 1 aliphatic carbocycles. The number of phenols is 1. The summed E-state index contributed by atoms with van der Waals surface area (Å²) in [5, 5.41) is 47.4. The normalized spacial score (nSPS) is 30.5. The van der Waals surface area contributed by atoms with E-state index in [2.05, 4.69) is 4.99 Å². The highest BCUT2D eigenvalue weighted by Gasteiger charge is 2.36. The van der Waals surface area contributed by atoms with Gasteiger partial charge in [-0.1, -0.05) is 6.08 Å². The van der Waals surface area contributed by atoms with Crippen LogP contribution >= 0.6 is 0 Å². The fourth-order valence-corrected chi connectivity index (χ4v) is 2.03. The van der Waals surface area contributed by atoms with Gasteiger partial charge < -0.3 is 25.5 Å². The number of rotatable bonds is 3. The van der Waals surface area contributed by atoms with Gasteiger partial charge in [0, 0.05) is 6.21 Å². The molecular weight excluding hydrogens is 262 g/mol. The lowest BCUT2D eigenvalue weighted by Crippen LogP contribution is -2.48. The van der Waals surface area contributed by atoms with E-state index in [0.717, 1.165) is 5.56 Å². The SMILES string of the molecule is OCC1=CC(N=Cc2ccc(O)cc2)C(O)C(O)C1O. The highest BCUT2D eigenvalue weighted by Crippen LogP contribution is 2.22. The molecule has 0 aromatic heterocycles. The largest absolute Gasteiger partial charge is 0.508 e. The Morgan fingerprint density at radius 1 is 1.05 bits per heavy atom. The fourth-order valence-electron chi connectivity index (χ4n) is 2.03. The topological polar surface area (TPSA) is 114 Å². The maximum absolute atomic E-state index is 9.85. The average Bonchev–Trinajstić information content (AvgIpc) is 2.46. The van der Waals surface area contributed by atoms with Gasteiger partial charge in [-0.05, 0) is 35.4 Å². The van der Waals surface area contributed by atoms with Gasteiger partial charge in [-0.25, -0.2) is 0 Å². The van der Waals surface area contributed by atoms with Crippen LogP contribution in [0, 0.1) is 0 Å². The molecule has 0 saturated carbocycles. The van der Waals surface area contributed by atoms with Gasteiger partial charge in [0.15, 0.2) is 0 Å². The molecule has 0 saturated heterocycles. The number of aromatic hydroxyl groups is 1. The minimum atomic E-state index is -1.39. The standard InChI is InChI=1S/C14H17NO5/c16-7-9-5-11(13(19)14(20)12(9)18)15-6-8-1-3-10(17)4-2-8/h1-6,11-14,16-20H,7H2. The maximum atomic E-state index is 9.85. The lowest BCUT2D eigenvalue weighted by atomic mass is 9.88. The number of aliphatic hydroxyl groups excluding tert-OH is 4. The third-order valence-corrected chi connectivity index (χ3v) is 3.26. The minimum absolute atomic E-state index is 0.140. The molecule has 2 rings (SSSR count). The Kier molecular flexibility index (Phi) is 4.51. The molecule has 4 unspecified atom stereocenters. The van der Waals surface area contributed by atoms with Crippen LogP contribution in [0.5, 0.6) is 5.75 Å². The van der Waals surface area contributed by atoms with Crippen LogP contribution in [0.25, 0.3) is 0 Å². The van der Waals surface area contributed by atoms with Gasteiger partial charge in [-0.3, -0.25) is 4.99 Å². The van der Waals surface area contributed by atoms with Gasteiger partial charge in [0.05, 0.1) is 12.6 Å². The number of benzene rings is 1. The summed E-state index contributed by atoms with van der Waals surface area (Å²) < 4.78 is 0. The van der Waals surface area contributed by atoms with E-state index in [4.69, 9.17) is 10.2 Å². The van der Waals surface area contributed by atoms with E-state index in [9.17, 15) is 15.3 Å². The van der Waals surface area contributed by atoms with Crippen molar-refractivity contribution >= 4 is 6.21 Å². The van der Waals surface area contributed by atoms with Crippen molar-refractivity contribution in [3.8, 4) is 5.75 Å². The Hall–Kier alpha value is -1.73. The van der Waals surface area contributed by atoms with E-state index in [0.29, 0.717) is 0 Å². The third-order valence-electron chi connectivity index (χ3n) is 3.26. The second kappa shape index (κ2) is 6.15. The Balaban J connectivity index is 2.18. The van der Waals surface area contributed by atoms with Gasteiger partial charge in [-0.15, -0.1) is 0 Å². The van der Waals surface area contributed by atoms with Crippen LogP contribution in [0.3, 0.4) is 0 Å². The van der Waals surface area contributed by atoms with Gasteiger partial charge in [0.1, 0.15) is 24.1 Å². The van der Waals surface area contributed by atoms with Crippen molar-refractivity contribution in [2.24, 2.45) is 4.99 Å². The molecule has 6 heteroatoms. The van der Waals surface area contributed by atoms with Crippen molar-refractivity contribution in [1.29, 1.82) is 0 Å². The zero-order valence-corrected chi connectivity index (χ0v) is 10.7. The average molecular weight is 279 g/mol. The predicted molar refractivity (Wildman–Crippen MR) is 72.7 cm³/mol. The number of aliphatic hydroxyl groups is 4.